The van der Waals surface area contributed by atoms with Crippen molar-refractivity contribution in [3.63, 3.8) is 0 Å². The minimum atomic E-state index is -1.19. The smallest absolute Gasteiger partial charge is 0.234 e. The van der Waals surface area contributed by atoms with Crippen LogP contribution in [0.3, 0.4) is 0 Å². The van der Waals surface area contributed by atoms with E-state index in [9.17, 15) is 0 Å². The summed E-state index contributed by atoms with van der Waals surface area (Å²) in [6, 6.07) is 2.14. The molecule has 0 bridgehead atoms. The molecule has 12 heteroatoms. The Kier molecular flexibility index (Phi) is 56.7. The summed E-state index contributed by atoms with van der Waals surface area (Å²) in [4.78, 5) is 4.06. The minimum absolute atomic E-state index is 0. The van der Waals surface area contributed by atoms with Crippen LogP contribution in [0.1, 0.15) is 110 Å². The van der Waals surface area contributed by atoms with E-state index < -0.39 is 16.5 Å². The second kappa shape index (κ2) is 44.0. The number of nitrogens with one attached hydrogen (secondary N) is 2. The maximum Gasteiger partial charge on any atom is 0.234 e. The quantitative estimate of drug-likeness (QED) is 0.116. The molecule has 288 valence electrons. The second-order valence-corrected chi connectivity index (χ2v) is 20.8. The summed E-state index contributed by atoms with van der Waals surface area (Å²) in [5, 5.41) is 3.40. The summed E-state index contributed by atoms with van der Waals surface area (Å²) >= 11 is 10.4. The first kappa shape index (κ1) is 59.2. The number of hydrogen-bond donors (Lipinski definition) is 2. The second-order valence-electron chi connectivity index (χ2n) is 12.6. The molecule has 1 aliphatic rings. The highest BCUT2D eigenvalue weighted by Crippen LogP contribution is 2.16. The van der Waals surface area contributed by atoms with Crippen molar-refractivity contribution in [3.05, 3.63) is 0 Å². The first-order valence-electron chi connectivity index (χ1n) is 18.1. The first-order chi connectivity index (χ1) is 21.0. The number of quaternary nitrogens is 1. The summed E-state index contributed by atoms with van der Waals surface area (Å²) in [6.07, 6.45) is 2.66. The average molecular weight is 760 g/mol. The molecule has 0 amide bonds. The minimum Gasteiger partial charge on any atom is -1.00 e. The van der Waals surface area contributed by atoms with Gasteiger partial charge in [-0.1, -0.05) is 76.2 Å². The molecule has 1 saturated heterocycles. The van der Waals surface area contributed by atoms with Crippen LogP contribution in [-0.4, -0.2) is 129 Å². The van der Waals surface area contributed by atoms with E-state index in [4.69, 9.17) is 22.2 Å². The Balaban J connectivity index is -0.000000108. The van der Waals surface area contributed by atoms with E-state index in [-0.39, 0.29) is 12.4 Å². The van der Waals surface area contributed by atoms with E-state index in [1.807, 2.05) is 6.55 Å². The summed E-state index contributed by atoms with van der Waals surface area (Å²) in [5.41, 5.74) is 0. The van der Waals surface area contributed by atoms with Gasteiger partial charge in [0.05, 0.1) is 19.6 Å². The molecule has 0 aliphatic carbocycles. The zero-order valence-electron chi connectivity index (χ0n) is 34.2. The van der Waals surface area contributed by atoms with E-state index in [0.717, 1.165) is 18.0 Å². The van der Waals surface area contributed by atoms with Crippen molar-refractivity contribution in [2.24, 2.45) is 5.92 Å². The molecule has 0 aromatic heterocycles. The van der Waals surface area contributed by atoms with Crippen LogP contribution in [0.25, 0.3) is 0 Å². The molecule has 2 N–H and O–H groups in total. The van der Waals surface area contributed by atoms with Crippen LogP contribution in [0.2, 0.25) is 13.1 Å². The molecule has 0 spiro atoms. The van der Waals surface area contributed by atoms with Gasteiger partial charge in [-0.3, -0.25) is 0 Å². The van der Waals surface area contributed by atoms with E-state index in [1.54, 1.807) is 19.1 Å². The Morgan fingerprint density at radius 1 is 0.783 bits per heavy atom. The number of methoxy groups -OCH3 is 2. The van der Waals surface area contributed by atoms with Crippen LogP contribution in [0.15, 0.2) is 0 Å². The van der Waals surface area contributed by atoms with Gasteiger partial charge in [0.1, 0.15) is 6.79 Å². The van der Waals surface area contributed by atoms with Gasteiger partial charge in [0, 0.05) is 33.4 Å². The predicted octanol–water partition coefficient (Wildman–Crippen LogP) is 3.53. The van der Waals surface area contributed by atoms with Crippen LogP contribution >= 0.6 is 22.2 Å². The molecule has 1 aliphatic heterocycles. The van der Waals surface area contributed by atoms with Crippen molar-refractivity contribution >= 4 is 38.7 Å². The number of rotatable bonds is 15. The van der Waals surface area contributed by atoms with Gasteiger partial charge in [0.15, 0.2) is 9.12 Å². The Morgan fingerprint density at radius 2 is 1.13 bits per heavy atom. The fraction of sp³-hybridized carbons (Fsp3) is 1.00. The number of nitrogens with zero attached hydrogens (tertiary/aromatic N) is 3. The van der Waals surface area contributed by atoms with Crippen molar-refractivity contribution < 1.29 is 26.8 Å². The molecule has 0 aromatic carbocycles. The molecule has 0 saturated carbocycles. The largest absolute Gasteiger partial charge is 1.00 e. The first-order valence-corrected chi connectivity index (χ1v) is 24.9. The maximum absolute atomic E-state index is 5.18. The average Bonchev–Trinajstić information content (AvgIpc) is 3.36. The molecule has 0 unspecified atom stereocenters. The Labute approximate surface area is 310 Å². The molecule has 0 aromatic rings. The summed E-state index contributed by atoms with van der Waals surface area (Å²) < 4.78 is 14.3. The highest BCUT2D eigenvalue weighted by molar-refractivity contribution is 7.33. The lowest BCUT2D eigenvalue weighted by Gasteiger charge is -2.30. The van der Waals surface area contributed by atoms with Crippen molar-refractivity contribution in [2.45, 2.75) is 141 Å². The van der Waals surface area contributed by atoms with Gasteiger partial charge in [-0.05, 0) is 90.9 Å². The standard InChI is InChI=1S/C9H22N2Si.C9H21N.2C6H15N.C3H8O2.CH4Cl2Si.ClH/c1-8(2)10-6-7-11(9(3)4)12(10)5;1-8(2)6-5-7-10-9(3)4;2*1-4-7(5-2)6-3;1-4-3-5-2;1-4(2)3;/h8-9,12H,6-7H2,1-5H3;8-10H,5-7H2,1-4H3;2*4-6H2,1-3H3;3H2,1-2H3;4H,1H3;1H. The van der Waals surface area contributed by atoms with Gasteiger partial charge in [0.25, 0.3) is 0 Å². The van der Waals surface area contributed by atoms with Crippen LogP contribution in [0, 0.1) is 5.92 Å². The molecule has 1 rings (SSSR count). The molecule has 7 nitrogen and oxygen atoms in total. The Hall–Kier alpha value is 1.02. The van der Waals surface area contributed by atoms with Crippen molar-refractivity contribution in [3.8, 4) is 0 Å². The highest BCUT2D eigenvalue weighted by atomic mass is 35.7. The molecule has 46 heavy (non-hydrogen) atoms. The Bertz CT molecular complexity index is 483. The summed E-state index contributed by atoms with van der Waals surface area (Å²) in [7, 11) is 1.25. The van der Waals surface area contributed by atoms with Crippen molar-refractivity contribution in [1.29, 1.82) is 0 Å². The third kappa shape index (κ3) is 47.1. The van der Waals surface area contributed by atoms with Gasteiger partial charge in [-0.2, -0.15) is 22.2 Å². The topological polar surface area (TPSA) is 44.7 Å². The zero-order valence-corrected chi connectivity index (χ0v) is 38.8. The van der Waals surface area contributed by atoms with Gasteiger partial charge in [-0.25, -0.2) is 0 Å². The third-order valence-electron chi connectivity index (χ3n) is 7.49. The third-order valence-corrected chi connectivity index (χ3v) is 11.1. The van der Waals surface area contributed by atoms with Gasteiger partial charge >= 0.3 is 0 Å². The van der Waals surface area contributed by atoms with Crippen LogP contribution in [0.5, 0.6) is 0 Å². The van der Waals surface area contributed by atoms with Crippen LogP contribution in [0.4, 0.5) is 0 Å². The SMILES string of the molecule is CC(C)CCCNC(C)C.CC(C)N1CCN(C(C)C)[SiH]1C.CCN(CC)CC.CC[NH+](CC)CC.COCOC.C[SiH](Cl)Cl.[Cl-]. The van der Waals surface area contributed by atoms with E-state index in [0.29, 0.717) is 12.8 Å². The van der Waals surface area contributed by atoms with Crippen molar-refractivity contribution in [1.82, 2.24) is 19.3 Å². The fourth-order valence-corrected chi connectivity index (χ4v) is 7.70. The van der Waals surface area contributed by atoms with E-state index in [2.05, 4.69) is 132 Å². The molecule has 1 fully saturated rings. The molecular formula is C34H86Cl3N5O2Si2. The lowest BCUT2D eigenvalue weighted by molar-refractivity contribution is -0.894. The fourth-order valence-electron chi connectivity index (χ4n) is 4.61. The zero-order chi connectivity index (χ0) is 36.4. The van der Waals surface area contributed by atoms with Crippen LogP contribution < -0.4 is 22.6 Å². The summed E-state index contributed by atoms with van der Waals surface area (Å²) in [5.74, 6) is 0.856. The van der Waals surface area contributed by atoms with Gasteiger partial charge in [-0.15, -0.1) is 0 Å². The van der Waals surface area contributed by atoms with Crippen LogP contribution in [-0.2, 0) is 9.47 Å². The lowest BCUT2D eigenvalue weighted by Crippen LogP contribution is -3.11. The number of halogens is 3. The van der Waals surface area contributed by atoms with Crippen molar-refractivity contribution in [2.75, 3.05) is 79.9 Å². The lowest BCUT2D eigenvalue weighted by atomic mass is 10.1. The maximum atomic E-state index is 5.18. The van der Waals surface area contributed by atoms with E-state index >= 15 is 0 Å². The summed E-state index contributed by atoms with van der Waals surface area (Å²) in [6.45, 7) is 47.2. The molecular weight excluding hydrogens is 673 g/mol. The molecule has 0 atom stereocenters. The molecule has 0 radical (unpaired) electrons. The monoisotopic (exact) mass is 758 g/mol. The molecule has 1 heterocycles. The number of hydrogen-bond acceptors (Lipinski definition) is 6. The van der Waals surface area contributed by atoms with Gasteiger partial charge in [0.2, 0.25) is 7.42 Å². The van der Waals surface area contributed by atoms with Gasteiger partial charge < -0.3 is 46.1 Å². The normalized spacial score (nSPS) is 13.4. The Morgan fingerprint density at radius 3 is 1.26 bits per heavy atom. The predicted molar refractivity (Wildman–Crippen MR) is 214 cm³/mol. The highest BCUT2D eigenvalue weighted by Gasteiger charge is 2.32. The van der Waals surface area contributed by atoms with E-state index in [1.165, 1.54) is 71.7 Å². The number of ether oxygens (including phenoxy) is 2.